The molecule has 2 aliphatic heterocycles. The first kappa shape index (κ1) is 57.1. The summed E-state index contributed by atoms with van der Waals surface area (Å²) in [5.41, 5.74) is 36.6. The van der Waals surface area contributed by atoms with Crippen LogP contribution in [-0.2, 0) is 10.8 Å². The molecule has 0 radical (unpaired) electrons. The van der Waals surface area contributed by atoms with Crippen molar-refractivity contribution in [1.82, 2.24) is 4.57 Å². The minimum Gasteiger partial charge on any atom is -0.310 e. The Morgan fingerprint density at radius 3 is 1.23 bits per heavy atom. The summed E-state index contributed by atoms with van der Waals surface area (Å²) in [5, 5.41) is 2.52. The molecule has 0 amide bonds. The molecule has 3 heterocycles. The predicted molar refractivity (Wildman–Crippen MR) is 417 cm³/mol. The fourth-order valence-electron chi connectivity index (χ4n) is 17.7. The maximum atomic E-state index is 2.71. The largest absolute Gasteiger partial charge is 0.310 e. The molecule has 0 fully saturated rings. The van der Waals surface area contributed by atoms with Gasteiger partial charge in [-0.25, -0.2) is 0 Å². The van der Waals surface area contributed by atoms with Crippen LogP contribution in [0.1, 0.15) is 48.6 Å². The summed E-state index contributed by atoms with van der Waals surface area (Å²) in [6, 6.07) is 131. The predicted octanol–water partition coefficient (Wildman–Crippen LogP) is 22.8. The summed E-state index contributed by atoms with van der Waals surface area (Å²) in [6.07, 6.45) is 0. The van der Waals surface area contributed by atoms with Gasteiger partial charge >= 0.3 is 0 Å². The smallest absolute Gasteiger partial charge is 0.252 e. The van der Waals surface area contributed by atoms with Crippen LogP contribution in [0.4, 0.5) is 34.1 Å². The summed E-state index contributed by atoms with van der Waals surface area (Å²) in [4.78, 5) is 5.38. The average molecular weight is 1260 g/mol. The number of hydrogen-bond donors (Lipinski definition) is 0. The maximum Gasteiger partial charge on any atom is 0.252 e. The number of rotatable bonds is 8. The molecular formula is C95H66BN3. The van der Waals surface area contributed by atoms with Crippen molar-refractivity contribution in [3.63, 3.8) is 0 Å². The zero-order valence-electron chi connectivity index (χ0n) is 55.3. The molecule has 20 rings (SSSR count). The van der Waals surface area contributed by atoms with Gasteiger partial charge in [-0.2, -0.15) is 0 Å². The second-order valence-electron chi connectivity index (χ2n) is 28.2. The van der Waals surface area contributed by atoms with E-state index in [9.17, 15) is 0 Å². The van der Waals surface area contributed by atoms with Gasteiger partial charge in [0.2, 0.25) is 0 Å². The van der Waals surface area contributed by atoms with E-state index in [1.165, 1.54) is 105 Å². The molecular weight excluding hydrogens is 1190 g/mol. The number of aromatic nitrogens is 1. The van der Waals surface area contributed by atoms with Crippen molar-refractivity contribution in [3.8, 4) is 83.6 Å². The highest BCUT2D eigenvalue weighted by molar-refractivity contribution is 7.00. The van der Waals surface area contributed by atoms with Gasteiger partial charge < -0.3 is 14.4 Å². The van der Waals surface area contributed by atoms with Crippen LogP contribution in [0.3, 0.4) is 0 Å². The van der Waals surface area contributed by atoms with Gasteiger partial charge in [0.25, 0.3) is 6.71 Å². The zero-order chi connectivity index (χ0) is 65.7. The van der Waals surface area contributed by atoms with E-state index >= 15 is 0 Å². The first-order chi connectivity index (χ1) is 48.8. The van der Waals surface area contributed by atoms with Crippen LogP contribution in [0.25, 0.3) is 105 Å². The van der Waals surface area contributed by atoms with Crippen LogP contribution >= 0.6 is 0 Å². The third-order valence-corrected chi connectivity index (χ3v) is 21.9. The molecule has 99 heavy (non-hydrogen) atoms. The van der Waals surface area contributed by atoms with Crippen molar-refractivity contribution in [2.75, 3.05) is 9.80 Å². The van der Waals surface area contributed by atoms with Crippen molar-refractivity contribution < 1.29 is 0 Å². The molecule has 0 unspecified atom stereocenters. The van der Waals surface area contributed by atoms with E-state index in [2.05, 4.69) is 381 Å². The lowest BCUT2D eigenvalue weighted by Gasteiger charge is -2.46. The Bertz CT molecular complexity index is 5790. The van der Waals surface area contributed by atoms with Gasteiger partial charge in [0.05, 0.1) is 27.8 Å². The van der Waals surface area contributed by atoms with Crippen molar-refractivity contribution in [2.45, 2.75) is 31.6 Å². The lowest BCUT2D eigenvalue weighted by Crippen LogP contribution is -2.61. The van der Waals surface area contributed by atoms with Crippen LogP contribution in [0.15, 0.2) is 346 Å². The van der Waals surface area contributed by atoms with Gasteiger partial charge in [0.1, 0.15) is 0 Å². The summed E-state index contributed by atoms with van der Waals surface area (Å²) < 4.78 is 2.59. The molecule has 0 saturated carbocycles. The monoisotopic (exact) mass is 1260 g/mol. The number of anilines is 6. The Hall–Kier alpha value is -12.2. The molecule has 0 N–H and O–H groups in total. The Morgan fingerprint density at radius 2 is 0.727 bits per heavy atom. The molecule has 464 valence electrons. The van der Waals surface area contributed by atoms with Crippen molar-refractivity contribution in [2.24, 2.45) is 0 Å². The minimum atomic E-state index is -0.550. The Kier molecular flexibility index (Phi) is 12.6. The molecule has 4 aliphatic rings. The lowest BCUT2D eigenvalue weighted by atomic mass is 9.33. The Balaban J connectivity index is 0.929. The highest BCUT2D eigenvalue weighted by Gasteiger charge is 2.53. The average Bonchev–Trinajstić information content (AvgIpc) is 1.54. The van der Waals surface area contributed by atoms with Gasteiger partial charge in [-0.15, -0.1) is 0 Å². The van der Waals surface area contributed by atoms with Crippen molar-refractivity contribution in [3.05, 3.63) is 374 Å². The highest BCUT2D eigenvalue weighted by atomic mass is 15.2. The fourth-order valence-corrected chi connectivity index (χ4v) is 17.7. The minimum absolute atomic E-state index is 0.213. The summed E-state index contributed by atoms with van der Waals surface area (Å²) >= 11 is 0. The SMILES string of the molecule is CC(C)(C)c1cc2c3c(c1)N(c1c(-c4ccccc4)cccc1-c1ccccc1)c1cc(-n4c5ccccc5c5c6c(ccc54)-c4ccccc4C64c5ccccc5-c5ccccc54)ccc1B3c1cc(-c3ccccc3)ccc1N2c1c(-c2ccccc2)cccc1-c1ccccc1. The fraction of sp³-hybridized carbons (Fsp3) is 0.0526. The summed E-state index contributed by atoms with van der Waals surface area (Å²) in [5.74, 6) is 0. The van der Waals surface area contributed by atoms with Crippen LogP contribution in [0.2, 0.25) is 0 Å². The van der Waals surface area contributed by atoms with E-state index in [1.54, 1.807) is 0 Å². The van der Waals surface area contributed by atoms with E-state index < -0.39 is 5.41 Å². The zero-order valence-corrected chi connectivity index (χ0v) is 55.3. The lowest BCUT2D eigenvalue weighted by molar-refractivity contribution is 0.590. The molecule has 3 nitrogen and oxygen atoms in total. The van der Waals surface area contributed by atoms with Crippen LogP contribution in [0.5, 0.6) is 0 Å². The summed E-state index contributed by atoms with van der Waals surface area (Å²) in [7, 11) is 0. The second-order valence-corrected chi connectivity index (χ2v) is 28.2. The number of nitrogens with zero attached hydrogens (tertiary/aromatic N) is 3. The quantitative estimate of drug-likeness (QED) is 0.141. The van der Waals surface area contributed by atoms with Crippen LogP contribution in [0, 0.1) is 0 Å². The van der Waals surface area contributed by atoms with Gasteiger partial charge in [-0.3, -0.25) is 0 Å². The standard InChI is InChI=1S/C95H66BN3/c1-94(2,3)67-58-87-91-88(59-67)99(93-71(64-35-15-7-16-36-64)45-28-46-72(93)65-37-17-8-18-38-65)86-60-68(97-83-50-26-22-42-77(83)89-85(97)56-53-76-75-41-21-25-49-80(75)95(90(76)89)78-47-23-19-39-73(78)74-40-20-24-48-79(74)95)52-54-81(86)96(91)82-57-66(61-29-9-4-10-30-61)51-55-84(82)98(87)92-69(62-31-11-5-12-32-62)43-27-44-70(92)63-33-13-6-14-34-63/h4-60H,1-3H3. The molecule has 0 atom stereocenters. The number of hydrogen-bond acceptors (Lipinski definition) is 2. The normalized spacial score (nSPS) is 13.4. The van der Waals surface area contributed by atoms with Crippen molar-refractivity contribution in [1.29, 1.82) is 0 Å². The van der Waals surface area contributed by atoms with E-state index in [4.69, 9.17) is 0 Å². The van der Waals surface area contributed by atoms with Gasteiger partial charge in [0.15, 0.2) is 0 Å². The molecule has 4 heteroatoms. The third-order valence-electron chi connectivity index (χ3n) is 21.9. The number of fused-ring (bicyclic) bond motifs is 18. The first-order valence-corrected chi connectivity index (χ1v) is 34.8. The van der Waals surface area contributed by atoms with E-state index in [0.29, 0.717) is 0 Å². The number of para-hydroxylation sites is 3. The molecule has 0 bridgehead atoms. The first-order valence-electron chi connectivity index (χ1n) is 34.8. The molecule has 16 aromatic rings. The van der Waals surface area contributed by atoms with E-state index in [0.717, 1.165) is 78.6 Å². The second kappa shape index (κ2) is 21.9. The summed E-state index contributed by atoms with van der Waals surface area (Å²) in [6.45, 7) is 6.94. The van der Waals surface area contributed by atoms with Crippen LogP contribution < -0.4 is 26.2 Å². The van der Waals surface area contributed by atoms with Gasteiger partial charge in [-0.1, -0.05) is 324 Å². The number of benzene rings is 15. The van der Waals surface area contributed by atoms with E-state index in [-0.39, 0.29) is 12.1 Å². The maximum absolute atomic E-state index is 2.71. The van der Waals surface area contributed by atoms with Gasteiger partial charge in [-0.05, 0) is 148 Å². The molecule has 1 spiro atoms. The molecule has 1 aromatic heterocycles. The van der Waals surface area contributed by atoms with E-state index in [1.807, 2.05) is 0 Å². The highest BCUT2D eigenvalue weighted by Crippen LogP contribution is 2.65. The van der Waals surface area contributed by atoms with Gasteiger partial charge in [0, 0.05) is 61.5 Å². The third kappa shape index (κ3) is 8.33. The van der Waals surface area contributed by atoms with Crippen LogP contribution in [-0.4, -0.2) is 11.3 Å². The molecule has 0 saturated heterocycles. The topological polar surface area (TPSA) is 11.4 Å². The van der Waals surface area contributed by atoms with Crippen molar-refractivity contribution >= 4 is 79.0 Å². The Morgan fingerprint density at radius 1 is 0.293 bits per heavy atom. The Labute approximate surface area is 578 Å². The molecule has 2 aliphatic carbocycles. The molecule has 15 aromatic carbocycles.